The number of aromatic nitrogens is 2. The molecule has 0 saturated heterocycles. The van der Waals surface area contributed by atoms with Crippen LogP contribution in [0.3, 0.4) is 0 Å². The van der Waals surface area contributed by atoms with E-state index in [-0.39, 0.29) is 5.88 Å². The van der Waals surface area contributed by atoms with Gasteiger partial charge in [-0.3, -0.25) is 0 Å². The molecule has 0 aliphatic carbocycles. The average Bonchev–Trinajstić information content (AvgIpc) is 2.71. The van der Waals surface area contributed by atoms with Crippen molar-refractivity contribution in [1.82, 2.24) is 9.97 Å². The molecule has 2 N–H and O–H groups in total. The zero-order valence-corrected chi connectivity index (χ0v) is 14.6. The first-order chi connectivity index (χ1) is 13.5. The second-order valence-electron chi connectivity index (χ2n) is 5.67. The zero-order chi connectivity index (χ0) is 19.9. The average molecular weight is 380 g/mol. The third kappa shape index (κ3) is 5.04. The first kappa shape index (κ1) is 18.8. The predicted octanol–water partition coefficient (Wildman–Crippen LogP) is 2.74. The normalized spacial score (nSPS) is 10.3. The lowest BCUT2D eigenvalue weighted by molar-refractivity contribution is -0.140. The van der Waals surface area contributed by atoms with E-state index in [0.29, 0.717) is 22.8 Å². The molecule has 0 bridgehead atoms. The first-order valence-electron chi connectivity index (χ1n) is 8.25. The number of carbonyl (C=O) groups is 2. The summed E-state index contributed by atoms with van der Waals surface area (Å²) in [5.74, 6) is -1.30. The standard InChI is InChI=1S/C20H16N2O6/c23-18(24)11-27-15-8-6-14(7-9-15)20-21-16(13-4-2-1-3-5-13)10-17(22-20)28-12-19(25)26/h1-10H,11-12H2,(H,23,24)(H,25,26). The summed E-state index contributed by atoms with van der Waals surface area (Å²) >= 11 is 0. The van der Waals surface area contributed by atoms with Gasteiger partial charge in [-0.25, -0.2) is 14.6 Å². The van der Waals surface area contributed by atoms with Crippen LogP contribution in [0.5, 0.6) is 11.6 Å². The molecule has 3 aromatic rings. The minimum atomic E-state index is -1.11. The lowest BCUT2D eigenvalue weighted by Crippen LogP contribution is -2.11. The maximum absolute atomic E-state index is 10.8. The van der Waals surface area contributed by atoms with E-state index in [1.807, 2.05) is 30.3 Å². The molecular formula is C20H16N2O6. The summed E-state index contributed by atoms with van der Waals surface area (Å²) in [5.41, 5.74) is 2.05. The third-order valence-corrected chi connectivity index (χ3v) is 3.59. The lowest BCUT2D eigenvalue weighted by Gasteiger charge is -2.09. The minimum Gasteiger partial charge on any atom is -0.482 e. The topological polar surface area (TPSA) is 119 Å². The summed E-state index contributed by atoms with van der Waals surface area (Å²) in [6, 6.07) is 17.5. The molecule has 0 aliphatic heterocycles. The highest BCUT2D eigenvalue weighted by molar-refractivity contribution is 5.69. The molecule has 0 radical (unpaired) electrons. The molecule has 3 rings (SSSR count). The van der Waals surface area contributed by atoms with Gasteiger partial charge in [0.1, 0.15) is 5.75 Å². The molecule has 0 fully saturated rings. The van der Waals surface area contributed by atoms with Gasteiger partial charge in [-0.05, 0) is 24.3 Å². The number of hydrogen-bond donors (Lipinski definition) is 2. The van der Waals surface area contributed by atoms with Crippen molar-refractivity contribution in [1.29, 1.82) is 0 Å². The number of carboxylic acid groups (broad SMARTS) is 2. The SMILES string of the molecule is O=C(O)COc1ccc(-c2nc(OCC(=O)O)cc(-c3ccccc3)n2)cc1. The van der Waals surface area contributed by atoms with Crippen molar-refractivity contribution >= 4 is 11.9 Å². The van der Waals surface area contributed by atoms with Crippen LogP contribution in [0.2, 0.25) is 0 Å². The van der Waals surface area contributed by atoms with Gasteiger partial charge in [0.25, 0.3) is 0 Å². The number of nitrogens with zero attached hydrogens (tertiary/aromatic N) is 2. The first-order valence-corrected chi connectivity index (χ1v) is 8.25. The summed E-state index contributed by atoms with van der Waals surface area (Å²) in [5, 5.41) is 17.5. The Balaban J connectivity index is 1.93. The van der Waals surface area contributed by atoms with E-state index in [4.69, 9.17) is 19.7 Å². The van der Waals surface area contributed by atoms with E-state index in [1.165, 1.54) is 0 Å². The number of hydrogen-bond acceptors (Lipinski definition) is 6. The van der Waals surface area contributed by atoms with Crippen molar-refractivity contribution in [2.75, 3.05) is 13.2 Å². The van der Waals surface area contributed by atoms with Gasteiger partial charge < -0.3 is 19.7 Å². The van der Waals surface area contributed by atoms with Gasteiger partial charge in [-0.15, -0.1) is 0 Å². The summed E-state index contributed by atoms with van der Waals surface area (Å²) < 4.78 is 10.3. The van der Waals surface area contributed by atoms with Crippen LogP contribution in [0.15, 0.2) is 60.7 Å². The summed E-state index contributed by atoms with van der Waals surface area (Å²) in [7, 11) is 0. The van der Waals surface area contributed by atoms with Crippen LogP contribution < -0.4 is 9.47 Å². The van der Waals surface area contributed by atoms with Crippen molar-refractivity contribution in [3.63, 3.8) is 0 Å². The Labute approximate surface area is 160 Å². The van der Waals surface area contributed by atoms with Crippen molar-refractivity contribution < 1.29 is 29.3 Å². The quantitative estimate of drug-likeness (QED) is 0.612. The van der Waals surface area contributed by atoms with Gasteiger partial charge >= 0.3 is 11.9 Å². The van der Waals surface area contributed by atoms with Gasteiger partial charge in [-0.1, -0.05) is 30.3 Å². The molecule has 28 heavy (non-hydrogen) atoms. The van der Waals surface area contributed by atoms with Crippen molar-refractivity contribution in [2.24, 2.45) is 0 Å². The second-order valence-corrected chi connectivity index (χ2v) is 5.67. The molecule has 0 amide bonds. The molecule has 8 heteroatoms. The fraction of sp³-hybridized carbons (Fsp3) is 0.100. The van der Waals surface area contributed by atoms with Crippen LogP contribution in [-0.2, 0) is 9.59 Å². The zero-order valence-electron chi connectivity index (χ0n) is 14.6. The predicted molar refractivity (Wildman–Crippen MR) is 99.2 cm³/mol. The molecule has 2 aromatic carbocycles. The van der Waals surface area contributed by atoms with Gasteiger partial charge in [0.15, 0.2) is 19.0 Å². The summed E-state index contributed by atoms with van der Waals surface area (Å²) in [4.78, 5) is 30.2. The van der Waals surface area contributed by atoms with Gasteiger partial charge in [-0.2, -0.15) is 4.98 Å². The monoisotopic (exact) mass is 380 g/mol. The summed E-state index contributed by atoms with van der Waals surface area (Å²) in [6.45, 7) is -0.959. The molecule has 0 saturated carbocycles. The largest absolute Gasteiger partial charge is 0.482 e. The van der Waals surface area contributed by atoms with E-state index in [9.17, 15) is 9.59 Å². The highest BCUT2D eigenvalue weighted by atomic mass is 16.5. The molecule has 0 unspecified atom stereocenters. The van der Waals surface area contributed by atoms with Crippen LogP contribution in [0, 0.1) is 0 Å². The molecule has 0 atom stereocenters. The number of aliphatic carboxylic acids is 2. The number of carboxylic acids is 2. The van der Waals surface area contributed by atoms with Crippen LogP contribution in [0.4, 0.5) is 0 Å². The fourth-order valence-electron chi connectivity index (χ4n) is 2.37. The maximum Gasteiger partial charge on any atom is 0.341 e. The molecular weight excluding hydrogens is 364 g/mol. The molecule has 142 valence electrons. The van der Waals surface area contributed by atoms with E-state index in [2.05, 4.69) is 9.97 Å². The Morgan fingerprint density at radius 2 is 1.43 bits per heavy atom. The Bertz CT molecular complexity index is 974. The minimum absolute atomic E-state index is 0.137. The van der Waals surface area contributed by atoms with Gasteiger partial charge in [0.2, 0.25) is 5.88 Å². The molecule has 0 spiro atoms. The highest BCUT2D eigenvalue weighted by Crippen LogP contribution is 2.26. The van der Waals surface area contributed by atoms with Gasteiger partial charge in [0.05, 0.1) is 5.69 Å². The van der Waals surface area contributed by atoms with Crippen LogP contribution >= 0.6 is 0 Å². The smallest absolute Gasteiger partial charge is 0.341 e. The Hall–Kier alpha value is -3.94. The second kappa shape index (κ2) is 8.63. The summed E-state index contributed by atoms with van der Waals surface area (Å²) in [6.07, 6.45) is 0. The van der Waals surface area contributed by atoms with E-state index < -0.39 is 25.2 Å². The maximum atomic E-state index is 10.8. The van der Waals surface area contributed by atoms with Crippen molar-refractivity contribution in [2.45, 2.75) is 0 Å². The number of ether oxygens (including phenoxy) is 2. The fourth-order valence-corrected chi connectivity index (χ4v) is 2.37. The number of rotatable bonds is 8. The van der Waals surface area contributed by atoms with Crippen molar-refractivity contribution in [3.05, 3.63) is 60.7 Å². The van der Waals surface area contributed by atoms with E-state index in [0.717, 1.165) is 5.56 Å². The van der Waals surface area contributed by atoms with Crippen LogP contribution in [-0.4, -0.2) is 45.3 Å². The van der Waals surface area contributed by atoms with Crippen LogP contribution in [0.25, 0.3) is 22.6 Å². The molecule has 8 nitrogen and oxygen atoms in total. The Morgan fingerprint density at radius 3 is 2.07 bits per heavy atom. The van der Waals surface area contributed by atoms with Gasteiger partial charge in [0, 0.05) is 17.2 Å². The van der Waals surface area contributed by atoms with Crippen molar-refractivity contribution in [3.8, 4) is 34.3 Å². The Morgan fingerprint density at radius 1 is 0.786 bits per heavy atom. The third-order valence-electron chi connectivity index (χ3n) is 3.59. The molecule has 1 heterocycles. The Kier molecular flexibility index (Phi) is 5.81. The lowest BCUT2D eigenvalue weighted by atomic mass is 10.1. The van der Waals surface area contributed by atoms with E-state index >= 15 is 0 Å². The van der Waals surface area contributed by atoms with E-state index in [1.54, 1.807) is 30.3 Å². The molecule has 0 aliphatic rings. The number of benzene rings is 2. The molecule has 1 aromatic heterocycles. The highest BCUT2D eigenvalue weighted by Gasteiger charge is 2.11. The van der Waals surface area contributed by atoms with Crippen LogP contribution in [0.1, 0.15) is 0 Å².